The van der Waals surface area contributed by atoms with Gasteiger partial charge in [0.25, 0.3) is 15.9 Å². The van der Waals surface area contributed by atoms with Crippen molar-refractivity contribution in [1.82, 2.24) is 9.80 Å². The fourth-order valence-electron chi connectivity index (χ4n) is 6.09. The first-order valence-corrected chi connectivity index (χ1v) is 15.6. The number of hydrogen-bond donors (Lipinski definition) is 1. The van der Waals surface area contributed by atoms with Gasteiger partial charge in [-0.2, -0.15) is 0 Å². The normalized spacial score (nSPS) is 21.5. The number of benzene rings is 3. The molecule has 3 aromatic rings. The first kappa shape index (κ1) is 34.2. The molecule has 0 aromatic heterocycles. The molecule has 17 heteroatoms. The van der Waals surface area contributed by atoms with Crippen LogP contribution in [0.2, 0.25) is 5.02 Å². The van der Waals surface area contributed by atoms with E-state index in [4.69, 9.17) is 21.1 Å². The Hall–Kier alpha value is -4.12. The highest BCUT2D eigenvalue weighted by molar-refractivity contribution is 7.93. The molecule has 11 nitrogen and oxygen atoms in total. The maximum Gasteiger partial charge on any atom is 0.573 e. The molecule has 2 aliphatic rings. The highest BCUT2D eigenvalue weighted by atomic mass is 35.5. The Bertz CT molecular complexity index is 1860. The topological polar surface area (TPSA) is 126 Å². The van der Waals surface area contributed by atoms with Gasteiger partial charge in [-0.15, -0.1) is 13.2 Å². The van der Waals surface area contributed by atoms with Crippen molar-refractivity contribution < 1.29 is 54.9 Å². The van der Waals surface area contributed by atoms with E-state index in [1.165, 1.54) is 49.2 Å². The Balaban J connectivity index is 1.87. The van der Waals surface area contributed by atoms with Crippen LogP contribution in [0.5, 0.6) is 17.2 Å². The van der Waals surface area contributed by atoms with Crippen molar-refractivity contribution >= 4 is 39.1 Å². The zero-order chi connectivity index (χ0) is 34.6. The van der Waals surface area contributed by atoms with Crippen molar-refractivity contribution in [1.29, 1.82) is 0 Å². The smallest absolute Gasteiger partial charge is 0.497 e. The lowest BCUT2D eigenvalue weighted by Gasteiger charge is -2.42. The minimum atomic E-state index is -5.35. The number of methoxy groups -OCH3 is 2. The van der Waals surface area contributed by atoms with Crippen molar-refractivity contribution in [2.45, 2.75) is 35.4 Å². The number of ether oxygens (including phenoxy) is 3. The summed E-state index contributed by atoms with van der Waals surface area (Å²) in [6.07, 6.45) is -6.76. The molecule has 252 valence electrons. The predicted molar refractivity (Wildman–Crippen MR) is 159 cm³/mol. The van der Waals surface area contributed by atoms with Gasteiger partial charge in [0.05, 0.1) is 32.1 Å². The summed E-state index contributed by atoms with van der Waals surface area (Å²) in [5.41, 5.74) is -3.21. The molecule has 5 rings (SSSR count). The number of amides is 2. The van der Waals surface area contributed by atoms with E-state index in [-0.39, 0.29) is 50.6 Å². The molecule has 0 aliphatic carbocycles. The summed E-state index contributed by atoms with van der Waals surface area (Å²) in [6, 6.07) is 8.04. The Morgan fingerprint density at radius 2 is 1.72 bits per heavy atom. The predicted octanol–water partition coefficient (Wildman–Crippen LogP) is 3.90. The summed E-state index contributed by atoms with van der Waals surface area (Å²) in [5, 5.41) is 10.9. The number of fused-ring (bicyclic) bond motifs is 1. The molecule has 0 bridgehead atoms. The second kappa shape index (κ2) is 12.2. The average Bonchev–Trinajstić information content (AvgIpc) is 3.50. The zero-order valence-electron chi connectivity index (χ0n) is 25.2. The molecule has 1 fully saturated rings. The Kier molecular flexibility index (Phi) is 8.85. The number of β-amino-alcohol motifs (C(OH)–C–C–N with tert-alkyl or cyclic N) is 1. The van der Waals surface area contributed by atoms with Crippen LogP contribution < -0.4 is 18.5 Å². The number of sulfonamides is 1. The number of carbonyl (C=O) groups excluding carboxylic acids is 2. The standard InChI is InChI=1S/C30H28ClF4N3O8S/c1-36(2)27(40)23-13-18(39)15-37(23)29(21-12-17(32)6-9-24(21)45-4)20-11-16(31)5-8-22(20)38(28(29)41)47(42,43)26-10-7-19(44-3)14-25(26)46-30(33,34)35/h5-12,14,18,23,39H,13,15H2,1-4H3/t18-,23+,29?/m1/s1. The molecule has 0 saturated carbocycles. The molecule has 1 N–H and O–H groups in total. The number of rotatable bonds is 8. The van der Waals surface area contributed by atoms with Crippen LogP contribution in [0.25, 0.3) is 0 Å². The number of likely N-dealkylation sites (N-methyl/N-ethyl adjacent to an activating group) is 1. The number of anilines is 1. The van der Waals surface area contributed by atoms with Crippen LogP contribution >= 0.6 is 11.6 Å². The Morgan fingerprint density at radius 1 is 1.02 bits per heavy atom. The molecule has 0 radical (unpaired) electrons. The van der Waals surface area contributed by atoms with E-state index in [2.05, 4.69) is 4.74 Å². The van der Waals surface area contributed by atoms with Crippen molar-refractivity contribution in [2.75, 3.05) is 39.2 Å². The third-order valence-corrected chi connectivity index (χ3v) is 9.91. The summed E-state index contributed by atoms with van der Waals surface area (Å²) >= 11 is 6.40. The molecular formula is C30H28ClF4N3O8S. The fourth-order valence-corrected chi connectivity index (χ4v) is 7.82. The summed E-state index contributed by atoms with van der Waals surface area (Å²) < 4.78 is 99.4. The first-order chi connectivity index (χ1) is 22.0. The molecule has 1 saturated heterocycles. The number of aliphatic hydroxyl groups excluding tert-OH is 1. The lowest BCUT2D eigenvalue weighted by molar-refractivity contribution is -0.275. The van der Waals surface area contributed by atoms with Gasteiger partial charge in [-0.05, 0) is 55.0 Å². The van der Waals surface area contributed by atoms with E-state index in [1.807, 2.05) is 0 Å². The van der Waals surface area contributed by atoms with Crippen molar-refractivity contribution in [2.24, 2.45) is 0 Å². The van der Waals surface area contributed by atoms with Crippen LogP contribution in [-0.2, 0) is 25.2 Å². The molecule has 3 atom stereocenters. The maximum atomic E-state index is 15.1. The molecule has 47 heavy (non-hydrogen) atoms. The largest absolute Gasteiger partial charge is 0.573 e. The molecule has 1 unspecified atom stereocenters. The third-order valence-electron chi connectivity index (χ3n) is 7.94. The van der Waals surface area contributed by atoms with E-state index in [1.54, 1.807) is 0 Å². The SMILES string of the molecule is COc1ccc(S(=O)(=O)N2C(=O)C(c3cc(F)ccc3OC)(N3C[C@H](O)C[C@H]3C(=O)N(C)C)c3cc(Cl)ccc32)c(OC(F)(F)F)c1. The lowest BCUT2D eigenvalue weighted by atomic mass is 9.80. The fraction of sp³-hybridized carbons (Fsp3) is 0.333. The summed E-state index contributed by atoms with van der Waals surface area (Å²) in [4.78, 5) is 30.1. The zero-order valence-corrected chi connectivity index (χ0v) is 26.8. The van der Waals surface area contributed by atoms with Gasteiger partial charge >= 0.3 is 6.36 Å². The Labute approximate surface area is 271 Å². The van der Waals surface area contributed by atoms with Crippen LogP contribution in [-0.4, -0.2) is 88.5 Å². The van der Waals surface area contributed by atoms with Gasteiger partial charge in [-0.3, -0.25) is 14.5 Å². The molecular weight excluding hydrogens is 674 g/mol. The first-order valence-electron chi connectivity index (χ1n) is 13.8. The van der Waals surface area contributed by atoms with E-state index in [0.717, 1.165) is 37.4 Å². The number of nitrogens with zero attached hydrogens (tertiary/aromatic N) is 3. The summed E-state index contributed by atoms with van der Waals surface area (Å²) in [5.74, 6) is -4.27. The molecule has 3 aromatic carbocycles. The lowest BCUT2D eigenvalue weighted by Crippen LogP contribution is -2.59. The van der Waals surface area contributed by atoms with Gasteiger partial charge in [0.15, 0.2) is 11.3 Å². The molecule has 2 amide bonds. The van der Waals surface area contributed by atoms with Gasteiger partial charge in [0.1, 0.15) is 22.2 Å². The number of alkyl halides is 3. The molecule has 2 heterocycles. The van der Waals surface area contributed by atoms with Crippen LogP contribution in [0.1, 0.15) is 17.5 Å². The van der Waals surface area contributed by atoms with Crippen molar-refractivity contribution in [3.8, 4) is 17.2 Å². The summed E-state index contributed by atoms with van der Waals surface area (Å²) in [7, 11) is -0.0775. The van der Waals surface area contributed by atoms with Crippen molar-refractivity contribution in [3.05, 3.63) is 76.6 Å². The number of carbonyl (C=O) groups is 2. The van der Waals surface area contributed by atoms with Crippen molar-refractivity contribution in [3.63, 3.8) is 0 Å². The second-order valence-electron chi connectivity index (χ2n) is 10.9. The Morgan fingerprint density at radius 3 is 2.34 bits per heavy atom. The monoisotopic (exact) mass is 701 g/mol. The van der Waals surface area contributed by atoms with E-state index in [0.29, 0.717) is 6.07 Å². The minimum absolute atomic E-state index is 0.00341. The molecule has 0 spiro atoms. The number of halogens is 5. The quantitative estimate of drug-likeness (QED) is 0.348. The highest BCUT2D eigenvalue weighted by Gasteiger charge is 2.64. The highest BCUT2D eigenvalue weighted by Crippen LogP contribution is 2.55. The van der Waals surface area contributed by atoms with Crippen LogP contribution in [0.4, 0.5) is 23.2 Å². The van der Waals surface area contributed by atoms with E-state index < -0.39 is 62.3 Å². The molecule has 2 aliphatic heterocycles. The van der Waals surface area contributed by atoms with E-state index in [9.17, 15) is 31.5 Å². The number of hydrogen-bond acceptors (Lipinski definition) is 9. The maximum absolute atomic E-state index is 15.1. The summed E-state index contributed by atoms with van der Waals surface area (Å²) in [6.45, 7) is -0.388. The number of aliphatic hydroxyl groups is 1. The van der Waals surface area contributed by atoms with Gasteiger partial charge in [-0.25, -0.2) is 17.1 Å². The van der Waals surface area contributed by atoms with Crippen LogP contribution in [0.3, 0.4) is 0 Å². The average molecular weight is 702 g/mol. The van der Waals surface area contributed by atoms with Crippen LogP contribution in [0, 0.1) is 5.82 Å². The van der Waals surface area contributed by atoms with Gasteiger partial charge in [-0.1, -0.05) is 11.6 Å². The minimum Gasteiger partial charge on any atom is -0.497 e. The van der Waals surface area contributed by atoms with Gasteiger partial charge < -0.3 is 24.2 Å². The number of likely N-dealkylation sites (tertiary alicyclic amines) is 1. The van der Waals surface area contributed by atoms with E-state index >= 15 is 9.18 Å². The van der Waals surface area contributed by atoms with Crippen LogP contribution in [0.15, 0.2) is 59.5 Å². The van der Waals surface area contributed by atoms with Gasteiger partial charge in [0, 0.05) is 42.9 Å². The third kappa shape index (κ3) is 5.72. The van der Waals surface area contributed by atoms with Gasteiger partial charge in [0.2, 0.25) is 5.91 Å². The second-order valence-corrected chi connectivity index (χ2v) is 13.1.